The zero-order chi connectivity index (χ0) is 13.9. The highest BCUT2D eigenvalue weighted by molar-refractivity contribution is 6.30. The van der Waals surface area contributed by atoms with Crippen LogP contribution in [0.4, 0.5) is 5.69 Å². The second-order valence-corrected chi connectivity index (χ2v) is 4.70. The molecule has 0 saturated carbocycles. The van der Waals surface area contributed by atoms with Gasteiger partial charge in [0.2, 0.25) is 0 Å². The van der Waals surface area contributed by atoms with Crippen LogP contribution in [0.5, 0.6) is 5.75 Å². The van der Waals surface area contributed by atoms with Crippen molar-refractivity contribution in [1.29, 1.82) is 0 Å². The van der Waals surface area contributed by atoms with Crippen molar-refractivity contribution in [2.75, 3.05) is 12.4 Å². The number of hydrogen-bond acceptors (Lipinski definition) is 4. The molecule has 0 radical (unpaired) electrons. The van der Waals surface area contributed by atoms with E-state index in [9.17, 15) is 0 Å². The quantitative estimate of drug-likeness (QED) is 0.734. The van der Waals surface area contributed by atoms with E-state index in [2.05, 4.69) is 10.3 Å². The Morgan fingerprint density at radius 2 is 2.20 bits per heavy atom. The topological polar surface area (TPSA) is 47.3 Å². The van der Waals surface area contributed by atoms with Crippen molar-refractivity contribution in [3.8, 4) is 5.75 Å². The zero-order valence-corrected chi connectivity index (χ0v) is 11.6. The van der Waals surface area contributed by atoms with Crippen LogP contribution < -0.4 is 10.1 Å². The maximum Gasteiger partial charge on any atom is 0.131 e. The van der Waals surface area contributed by atoms with Crippen LogP contribution in [0.15, 0.2) is 47.1 Å². The first-order valence-corrected chi connectivity index (χ1v) is 6.54. The molecule has 0 fully saturated rings. The van der Waals surface area contributed by atoms with Gasteiger partial charge in [-0.3, -0.25) is 0 Å². The first kappa shape index (κ1) is 12.8. The fraction of sp³-hybridized carbons (Fsp3) is 0.133. The molecule has 0 amide bonds. The van der Waals surface area contributed by atoms with Gasteiger partial charge in [0.25, 0.3) is 0 Å². The van der Waals surface area contributed by atoms with E-state index in [-0.39, 0.29) is 0 Å². The highest BCUT2D eigenvalue weighted by Gasteiger charge is 2.07. The lowest BCUT2D eigenvalue weighted by atomic mass is 10.1. The Kier molecular flexibility index (Phi) is 3.48. The normalized spacial score (nSPS) is 10.7. The predicted molar refractivity (Wildman–Crippen MR) is 79.3 cm³/mol. The molecule has 20 heavy (non-hydrogen) atoms. The summed E-state index contributed by atoms with van der Waals surface area (Å²) in [5.74, 6) is 1.61. The number of pyridine rings is 1. The van der Waals surface area contributed by atoms with Gasteiger partial charge in [0.15, 0.2) is 0 Å². The first-order chi connectivity index (χ1) is 9.76. The van der Waals surface area contributed by atoms with Crippen molar-refractivity contribution in [3.05, 3.63) is 53.6 Å². The number of halogens is 1. The van der Waals surface area contributed by atoms with E-state index < -0.39 is 0 Å². The molecular weight excluding hydrogens is 276 g/mol. The fourth-order valence-electron chi connectivity index (χ4n) is 2.04. The van der Waals surface area contributed by atoms with Crippen LogP contribution in [-0.4, -0.2) is 12.1 Å². The zero-order valence-electron chi connectivity index (χ0n) is 10.9. The Morgan fingerprint density at radius 1 is 1.30 bits per heavy atom. The maximum absolute atomic E-state index is 6.06. The molecule has 0 saturated heterocycles. The number of anilines is 1. The molecule has 2 heterocycles. The third kappa shape index (κ3) is 2.56. The molecule has 0 aliphatic carbocycles. The molecule has 3 rings (SSSR count). The van der Waals surface area contributed by atoms with Gasteiger partial charge < -0.3 is 14.5 Å². The van der Waals surface area contributed by atoms with Crippen LogP contribution in [0, 0.1) is 0 Å². The standard InChI is InChI=1S/C15H13ClN2O2/c1-19-10-4-5-12-13(8-15(16)18-14(12)7-10)17-9-11-3-2-6-20-11/h2-8H,9H2,1H3,(H,17,18). The van der Waals surface area contributed by atoms with Gasteiger partial charge in [0, 0.05) is 17.1 Å². The van der Waals surface area contributed by atoms with Crippen molar-refractivity contribution < 1.29 is 9.15 Å². The van der Waals surface area contributed by atoms with Crippen LogP contribution in [0.3, 0.4) is 0 Å². The van der Waals surface area contributed by atoms with Crippen LogP contribution >= 0.6 is 11.6 Å². The predicted octanol–water partition coefficient (Wildman–Crippen LogP) is 4.10. The number of furan rings is 1. The number of fused-ring (bicyclic) bond motifs is 1. The average molecular weight is 289 g/mol. The summed E-state index contributed by atoms with van der Waals surface area (Å²) in [7, 11) is 1.63. The second-order valence-electron chi connectivity index (χ2n) is 4.31. The van der Waals surface area contributed by atoms with E-state index in [4.69, 9.17) is 20.8 Å². The van der Waals surface area contributed by atoms with E-state index in [0.29, 0.717) is 11.7 Å². The third-order valence-corrected chi connectivity index (χ3v) is 3.21. The lowest BCUT2D eigenvalue weighted by molar-refractivity contribution is 0.415. The molecule has 4 nitrogen and oxygen atoms in total. The third-order valence-electron chi connectivity index (χ3n) is 3.02. The van der Waals surface area contributed by atoms with Crippen LogP contribution in [0.1, 0.15) is 5.76 Å². The number of hydrogen-bond donors (Lipinski definition) is 1. The molecule has 1 aromatic carbocycles. The summed E-state index contributed by atoms with van der Waals surface area (Å²) in [5, 5.41) is 4.73. The monoisotopic (exact) mass is 288 g/mol. The van der Waals surface area contributed by atoms with Crippen molar-refractivity contribution >= 4 is 28.2 Å². The van der Waals surface area contributed by atoms with Gasteiger partial charge in [-0.15, -0.1) is 0 Å². The number of rotatable bonds is 4. The number of methoxy groups -OCH3 is 1. The van der Waals surface area contributed by atoms with Crippen LogP contribution in [0.25, 0.3) is 10.9 Å². The fourth-order valence-corrected chi connectivity index (χ4v) is 2.24. The number of ether oxygens (including phenoxy) is 1. The molecule has 0 aliphatic heterocycles. The van der Waals surface area contributed by atoms with Gasteiger partial charge in [-0.2, -0.15) is 0 Å². The average Bonchev–Trinajstić information content (AvgIpc) is 2.97. The lowest BCUT2D eigenvalue weighted by Crippen LogP contribution is -1.99. The molecule has 1 N–H and O–H groups in total. The van der Waals surface area contributed by atoms with Gasteiger partial charge in [-0.05, 0) is 30.3 Å². The smallest absolute Gasteiger partial charge is 0.131 e. The summed E-state index contributed by atoms with van der Waals surface area (Å²) in [6, 6.07) is 11.3. The van der Waals surface area contributed by atoms with Gasteiger partial charge >= 0.3 is 0 Å². The Bertz CT molecular complexity index is 726. The Balaban J connectivity index is 1.96. The summed E-state index contributed by atoms with van der Waals surface area (Å²) in [4.78, 5) is 4.31. The molecule has 2 aromatic heterocycles. The minimum absolute atomic E-state index is 0.438. The summed E-state index contributed by atoms with van der Waals surface area (Å²) < 4.78 is 10.5. The van der Waals surface area contributed by atoms with Crippen molar-refractivity contribution in [1.82, 2.24) is 4.98 Å². The molecule has 0 bridgehead atoms. The number of aromatic nitrogens is 1. The molecular formula is C15H13ClN2O2. The highest BCUT2D eigenvalue weighted by Crippen LogP contribution is 2.28. The Morgan fingerprint density at radius 3 is 2.95 bits per heavy atom. The Labute approximate surface area is 121 Å². The maximum atomic E-state index is 6.06. The molecule has 0 aliphatic rings. The van der Waals surface area contributed by atoms with Crippen LogP contribution in [0.2, 0.25) is 5.15 Å². The number of nitrogens with one attached hydrogen (secondary N) is 1. The van der Waals surface area contributed by atoms with E-state index >= 15 is 0 Å². The molecule has 3 aromatic rings. The molecule has 0 unspecified atom stereocenters. The van der Waals surface area contributed by atoms with Crippen molar-refractivity contribution in [2.45, 2.75) is 6.54 Å². The largest absolute Gasteiger partial charge is 0.497 e. The first-order valence-electron chi connectivity index (χ1n) is 6.17. The van der Waals surface area contributed by atoms with Crippen molar-refractivity contribution in [3.63, 3.8) is 0 Å². The number of benzene rings is 1. The van der Waals surface area contributed by atoms with Crippen LogP contribution in [-0.2, 0) is 6.54 Å². The Hall–Kier alpha value is -2.20. The van der Waals surface area contributed by atoms with Gasteiger partial charge in [0.1, 0.15) is 16.7 Å². The van der Waals surface area contributed by atoms with E-state index in [1.54, 1.807) is 19.4 Å². The SMILES string of the molecule is COc1ccc2c(NCc3ccco3)cc(Cl)nc2c1. The summed E-state index contributed by atoms with van der Waals surface area (Å²) in [6.45, 7) is 0.592. The molecule has 102 valence electrons. The van der Waals surface area contributed by atoms with Gasteiger partial charge in [-0.1, -0.05) is 11.6 Å². The molecule has 5 heteroatoms. The minimum atomic E-state index is 0.438. The lowest BCUT2D eigenvalue weighted by Gasteiger charge is -2.10. The number of nitrogens with zero attached hydrogens (tertiary/aromatic N) is 1. The summed E-state index contributed by atoms with van der Waals surface area (Å²) in [6.07, 6.45) is 1.65. The van der Waals surface area contributed by atoms with Gasteiger partial charge in [-0.25, -0.2) is 4.98 Å². The van der Waals surface area contributed by atoms with Gasteiger partial charge in [0.05, 0.1) is 25.4 Å². The summed E-state index contributed by atoms with van der Waals surface area (Å²) >= 11 is 6.06. The van der Waals surface area contributed by atoms with E-state index in [1.807, 2.05) is 30.3 Å². The second kappa shape index (κ2) is 5.43. The minimum Gasteiger partial charge on any atom is -0.497 e. The van der Waals surface area contributed by atoms with E-state index in [0.717, 1.165) is 28.1 Å². The van der Waals surface area contributed by atoms with E-state index in [1.165, 1.54) is 0 Å². The molecule has 0 atom stereocenters. The highest BCUT2D eigenvalue weighted by atomic mass is 35.5. The van der Waals surface area contributed by atoms with Crippen molar-refractivity contribution in [2.24, 2.45) is 0 Å². The molecule has 0 spiro atoms. The summed E-state index contributed by atoms with van der Waals surface area (Å²) in [5.41, 5.74) is 1.71.